The zero-order valence-electron chi connectivity index (χ0n) is 30.3. The molecule has 1 saturated heterocycles. The minimum atomic E-state index is -0.545. The Balaban J connectivity index is 0.000000426. The number of allylic oxidation sites excluding steroid dienone is 2. The van der Waals surface area contributed by atoms with E-state index in [4.69, 9.17) is 16.2 Å². The molecule has 274 valence electrons. The molecule has 0 atom stereocenters. The summed E-state index contributed by atoms with van der Waals surface area (Å²) in [7, 11) is 3.31. The number of aldehydes is 2. The zero-order valence-corrected chi connectivity index (χ0v) is 30.3. The molecule has 4 heterocycles. The highest BCUT2D eigenvalue weighted by molar-refractivity contribution is 5.98. The number of carbonyl (C=O) groups is 3. The maximum Gasteiger partial charge on any atom is 0.248 e. The Hall–Kier alpha value is -5.54. The minimum Gasteiger partial charge on any atom is -0.491 e. The molecule has 0 aliphatic carbocycles. The van der Waals surface area contributed by atoms with Crippen LogP contribution in [0.4, 0.5) is 11.9 Å². The predicted molar refractivity (Wildman–Crippen MR) is 202 cm³/mol. The second kappa shape index (κ2) is 19.6. The monoisotopic (exact) mass is 701 g/mol. The highest BCUT2D eigenvalue weighted by Crippen LogP contribution is 2.30. The molecule has 15 nitrogen and oxygen atoms in total. The summed E-state index contributed by atoms with van der Waals surface area (Å²) in [5, 5.41) is 10.4. The van der Waals surface area contributed by atoms with Gasteiger partial charge in [0.15, 0.2) is 6.29 Å². The molecule has 1 amide bonds. The topological polar surface area (TPSA) is 216 Å². The molecule has 0 saturated carbocycles. The standard InChI is InChI=1S/C26H30N8O3.C7H10N2O.C2H6.CH5N/c1-29-26-32-19-10-16(15-35)4-5-21(19)33(26)7-2-3-8-34-23-20(31-25(34)28)11-18(24(27)36)12-22(23)37-9-6-17-13-30-14-17;1-3-9-7(5-10)4-6(2)8-9;2*1-2/h2-5,10-12,15,17,30H,6-9,13-14H2,1H3,(H2,27,36)(H2,28,31)(H,29,32);4-5H,3H2,1-2H3;1-2H3;2H2,1H3/b3-2+;;;. The van der Waals surface area contributed by atoms with Gasteiger partial charge in [-0.1, -0.05) is 26.0 Å². The second-order valence-electron chi connectivity index (χ2n) is 11.2. The summed E-state index contributed by atoms with van der Waals surface area (Å²) in [5.41, 5.74) is 21.7. The van der Waals surface area contributed by atoms with Crippen LogP contribution < -0.4 is 32.6 Å². The van der Waals surface area contributed by atoms with Crippen LogP contribution in [0.25, 0.3) is 22.1 Å². The van der Waals surface area contributed by atoms with Gasteiger partial charge in [-0.3, -0.25) is 19.1 Å². The third kappa shape index (κ3) is 9.80. The largest absolute Gasteiger partial charge is 0.491 e. The van der Waals surface area contributed by atoms with Gasteiger partial charge in [-0.05, 0) is 82.7 Å². The lowest BCUT2D eigenvalue weighted by atomic mass is 10.0. The number of amides is 1. The molecule has 1 aliphatic heterocycles. The summed E-state index contributed by atoms with van der Waals surface area (Å²) < 4.78 is 11.7. The first-order valence-electron chi connectivity index (χ1n) is 17.0. The van der Waals surface area contributed by atoms with Crippen molar-refractivity contribution in [2.75, 3.05) is 44.8 Å². The second-order valence-corrected chi connectivity index (χ2v) is 11.2. The maximum atomic E-state index is 11.9. The van der Waals surface area contributed by atoms with E-state index in [9.17, 15) is 14.4 Å². The number of imidazole rings is 2. The Kier molecular flexibility index (Phi) is 15.3. The molecule has 2 aromatic carbocycles. The van der Waals surface area contributed by atoms with Gasteiger partial charge in [-0.2, -0.15) is 5.10 Å². The molecule has 0 radical (unpaired) electrons. The number of aromatic nitrogens is 6. The summed E-state index contributed by atoms with van der Waals surface area (Å²) in [5.74, 6) is 1.61. The van der Waals surface area contributed by atoms with E-state index in [-0.39, 0.29) is 0 Å². The quantitative estimate of drug-likeness (QED) is 0.0879. The van der Waals surface area contributed by atoms with Gasteiger partial charge in [0.05, 0.1) is 28.9 Å². The number of nitrogen functional groups attached to an aromatic ring is 1. The number of carbonyl (C=O) groups excluding carboxylic acids is 3. The average Bonchev–Trinajstić information content (AvgIpc) is 3.80. The number of benzene rings is 2. The van der Waals surface area contributed by atoms with Crippen LogP contribution in [0.15, 0.2) is 48.6 Å². The van der Waals surface area contributed by atoms with E-state index >= 15 is 0 Å². The highest BCUT2D eigenvalue weighted by Gasteiger charge is 2.19. The fourth-order valence-corrected chi connectivity index (χ4v) is 5.44. The molecule has 0 spiro atoms. The van der Waals surface area contributed by atoms with E-state index in [1.54, 1.807) is 35.0 Å². The van der Waals surface area contributed by atoms with Crippen LogP contribution in [0.1, 0.15) is 64.1 Å². The van der Waals surface area contributed by atoms with Crippen molar-refractivity contribution in [3.8, 4) is 5.75 Å². The molecule has 5 aromatic rings. The third-order valence-corrected chi connectivity index (χ3v) is 8.00. The van der Waals surface area contributed by atoms with Gasteiger partial charge in [0.1, 0.15) is 23.2 Å². The van der Waals surface area contributed by atoms with Gasteiger partial charge in [0.2, 0.25) is 17.8 Å². The minimum absolute atomic E-state index is 0.319. The maximum absolute atomic E-state index is 11.9. The summed E-state index contributed by atoms with van der Waals surface area (Å²) in [6.45, 7) is 12.1. The van der Waals surface area contributed by atoms with Gasteiger partial charge in [0, 0.05) is 37.8 Å². The number of primary amides is 1. The van der Waals surface area contributed by atoms with Crippen molar-refractivity contribution >= 4 is 52.4 Å². The molecular formula is C36H51N11O4. The molecule has 0 unspecified atom stereocenters. The van der Waals surface area contributed by atoms with E-state index in [0.717, 1.165) is 60.9 Å². The zero-order chi connectivity index (χ0) is 37.5. The first-order valence-corrected chi connectivity index (χ1v) is 17.0. The Morgan fingerprint density at radius 1 is 1.02 bits per heavy atom. The number of hydrogen-bond acceptors (Lipinski definition) is 11. The van der Waals surface area contributed by atoms with Crippen molar-refractivity contribution < 1.29 is 19.1 Å². The van der Waals surface area contributed by atoms with E-state index in [1.807, 2.05) is 62.1 Å². The molecule has 15 heteroatoms. The first kappa shape index (κ1) is 39.9. The van der Waals surface area contributed by atoms with Crippen LogP contribution in [0, 0.1) is 12.8 Å². The van der Waals surface area contributed by atoms with Crippen molar-refractivity contribution in [2.24, 2.45) is 17.4 Å². The van der Waals surface area contributed by atoms with E-state index in [1.165, 1.54) is 7.05 Å². The number of nitrogens with zero attached hydrogens (tertiary/aromatic N) is 6. The lowest BCUT2D eigenvalue weighted by Gasteiger charge is -2.26. The normalized spacial score (nSPS) is 12.2. The highest BCUT2D eigenvalue weighted by atomic mass is 16.5. The summed E-state index contributed by atoms with van der Waals surface area (Å²) in [6.07, 6.45) is 6.56. The van der Waals surface area contributed by atoms with Gasteiger partial charge < -0.3 is 41.7 Å². The molecular weight excluding hydrogens is 650 g/mol. The van der Waals surface area contributed by atoms with E-state index in [0.29, 0.717) is 65.6 Å². The molecule has 8 N–H and O–H groups in total. The molecule has 51 heavy (non-hydrogen) atoms. The molecule has 3 aromatic heterocycles. The van der Waals surface area contributed by atoms with Crippen molar-refractivity contribution in [1.29, 1.82) is 0 Å². The number of anilines is 2. The Bertz CT molecular complexity index is 1940. The van der Waals surface area contributed by atoms with Crippen molar-refractivity contribution in [1.82, 2.24) is 34.2 Å². The van der Waals surface area contributed by atoms with E-state index in [2.05, 4.69) is 31.4 Å². The summed E-state index contributed by atoms with van der Waals surface area (Å²) in [6, 6.07) is 10.5. The Morgan fingerprint density at radius 2 is 1.73 bits per heavy atom. The summed E-state index contributed by atoms with van der Waals surface area (Å²) >= 11 is 0. The lowest BCUT2D eigenvalue weighted by Crippen LogP contribution is -2.42. The fourth-order valence-electron chi connectivity index (χ4n) is 5.44. The van der Waals surface area contributed by atoms with Crippen LogP contribution in [-0.2, 0) is 19.6 Å². The lowest BCUT2D eigenvalue weighted by molar-refractivity contribution is 0.0999. The van der Waals surface area contributed by atoms with Gasteiger partial charge in [0.25, 0.3) is 0 Å². The Morgan fingerprint density at radius 3 is 2.29 bits per heavy atom. The number of nitrogens with one attached hydrogen (secondary N) is 2. The van der Waals surface area contributed by atoms with Crippen LogP contribution >= 0.6 is 0 Å². The summed E-state index contributed by atoms with van der Waals surface area (Å²) in [4.78, 5) is 42.4. The molecule has 1 aliphatic rings. The number of nitrogens with two attached hydrogens (primary N) is 3. The molecule has 1 fully saturated rings. The van der Waals surface area contributed by atoms with Crippen LogP contribution in [-0.4, -0.2) is 81.2 Å². The van der Waals surface area contributed by atoms with Crippen LogP contribution in [0.2, 0.25) is 0 Å². The SMILES string of the molecule is CC.CCn1nc(C)cc1C=O.CN.CNc1nc2cc(C=O)ccc2n1C/C=C/Cn1c(N)nc2cc(C(N)=O)cc(OCCC3CNC3)c21. The Labute approximate surface area is 298 Å². The number of rotatable bonds is 13. The first-order chi connectivity index (χ1) is 24.8. The van der Waals surface area contributed by atoms with Crippen LogP contribution in [0.5, 0.6) is 5.75 Å². The fraction of sp³-hybridized carbons (Fsp3) is 0.389. The third-order valence-electron chi connectivity index (χ3n) is 8.00. The van der Waals surface area contributed by atoms with Gasteiger partial charge >= 0.3 is 0 Å². The molecule has 0 bridgehead atoms. The van der Waals surface area contributed by atoms with E-state index < -0.39 is 5.91 Å². The molecule has 6 rings (SSSR count). The van der Waals surface area contributed by atoms with Gasteiger partial charge in [-0.25, -0.2) is 9.97 Å². The number of hydrogen-bond donors (Lipinski definition) is 5. The van der Waals surface area contributed by atoms with Crippen molar-refractivity contribution in [2.45, 2.75) is 53.8 Å². The van der Waals surface area contributed by atoms with Gasteiger partial charge in [-0.15, -0.1) is 0 Å². The van der Waals surface area contributed by atoms with Crippen molar-refractivity contribution in [3.05, 3.63) is 71.1 Å². The number of aryl methyl sites for hydroxylation is 2. The smallest absolute Gasteiger partial charge is 0.248 e. The number of ether oxygens (including phenoxy) is 1. The average molecular weight is 702 g/mol. The van der Waals surface area contributed by atoms with Crippen molar-refractivity contribution in [3.63, 3.8) is 0 Å². The number of fused-ring (bicyclic) bond motifs is 2. The predicted octanol–water partition coefficient (Wildman–Crippen LogP) is 3.79. The van der Waals surface area contributed by atoms with Crippen LogP contribution in [0.3, 0.4) is 0 Å².